The maximum Gasteiger partial charge on any atom is 0.233 e. The Morgan fingerprint density at radius 1 is 1.17 bits per heavy atom. The van der Waals surface area contributed by atoms with Crippen LogP contribution >= 0.6 is 0 Å². The Morgan fingerprint density at radius 3 is 2.58 bits per heavy atom. The van der Waals surface area contributed by atoms with Crippen LogP contribution in [0, 0.1) is 5.82 Å². The third-order valence-corrected chi connectivity index (χ3v) is 4.64. The lowest BCUT2D eigenvalue weighted by Crippen LogP contribution is -2.36. The van der Waals surface area contributed by atoms with Crippen LogP contribution in [-0.4, -0.2) is 28.2 Å². The van der Waals surface area contributed by atoms with E-state index in [1.807, 2.05) is 18.2 Å². The van der Waals surface area contributed by atoms with Crippen molar-refractivity contribution < 1.29 is 13.8 Å². The maximum absolute atomic E-state index is 13.1. The largest absolute Gasteiger partial charge is 0.341 e. The van der Waals surface area contributed by atoms with Crippen LogP contribution in [0.1, 0.15) is 24.0 Å². The van der Waals surface area contributed by atoms with Gasteiger partial charge in [-0.2, -0.15) is 0 Å². The molecule has 5 nitrogen and oxygen atoms in total. The lowest BCUT2D eigenvalue weighted by atomic mass is 9.94. The highest BCUT2D eigenvalue weighted by Crippen LogP contribution is 2.49. The molecule has 0 bridgehead atoms. The molecule has 1 aliphatic carbocycles. The fourth-order valence-electron chi connectivity index (χ4n) is 3.16. The topological polar surface area (TPSA) is 59.2 Å². The Labute approximate surface area is 138 Å². The quantitative estimate of drug-likeness (QED) is 0.740. The molecule has 1 fully saturated rings. The van der Waals surface area contributed by atoms with Crippen LogP contribution in [0.4, 0.5) is 4.39 Å². The van der Waals surface area contributed by atoms with Gasteiger partial charge in [0, 0.05) is 13.6 Å². The number of benzene rings is 2. The van der Waals surface area contributed by atoms with Crippen molar-refractivity contribution in [3.8, 4) is 0 Å². The fraction of sp³-hybridized carbons (Fsp3) is 0.278. The van der Waals surface area contributed by atoms with Gasteiger partial charge >= 0.3 is 0 Å². The Morgan fingerprint density at radius 2 is 1.88 bits per heavy atom. The zero-order valence-electron chi connectivity index (χ0n) is 13.2. The Bertz CT molecular complexity index is 900. The summed E-state index contributed by atoms with van der Waals surface area (Å²) in [4.78, 5) is 14.6. The van der Waals surface area contributed by atoms with Crippen molar-refractivity contribution >= 4 is 16.9 Å². The Hall–Kier alpha value is -2.76. The second kappa shape index (κ2) is 5.40. The summed E-state index contributed by atoms with van der Waals surface area (Å²) in [5.41, 5.74) is 2.72. The molecule has 0 atom stereocenters. The summed E-state index contributed by atoms with van der Waals surface area (Å²) in [6.45, 7) is 0.477. The standard InChI is InChI=1S/C18H16FN3O2/c1-22(11-12-2-7-15-16(10-12)21-24-20-15)17(23)18(8-9-18)13-3-5-14(19)6-4-13/h2-7,10H,8-9,11H2,1H3. The molecule has 24 heavy (non-hydrogen) atoms. The number of carbonyl (C=O) groups excluding carboxylic acids is 1. The van der Waals surface area contributed by atoms with Crippen molar-refractivity contribution in [1.29, 1.82) is 0 Å². The highest BCUT2D eigenvalue weighted by molar-refractivity contribution is 5.91. The SMILES string of the molecule is CN(Cc1ccc2nonc2c1)C(=O)C1(c2ccc(F)cc2)CC1. The molecule has 1 saturated carbocycles. The Kier molecular flexibility index (Phi) is 3.33. The molecule has 4 rings (SSSR count). The minimum Gasteiger partial charge on any atom is -0.341 e. The number of amides is 1. The van der Waals surface area contributed by atoms with Crippen molar-refractivity contribution in [1.82, 2.24) is 15.2 Å². The minimum atomic E-state index is -0.498. The number of nitrogens with zero attached hydrogens (tertiary/aromatic N) is 3. The van der Waals surface area contributed by atoms with E-state index in [0.29, 0.717) is 17.6 Å². The van der Waals surface area contributed by atoms with Gasteiger partial charge in [0.25, 0.3) is 0 Å². The molecule has 1 aliphatic rings. The minimum absolute atomic E-state index is 0.0625. The smallest absolute Gasteiger partial charge is 0.233 e. The number of hydrogen-bond acceptors (Lipinski definition) is 4. The van der Waals surface area contributed by atoms with Gasteiger partial charge in [-0.3, -0.25) is 4.79 Å². The van der Waals surface area contributed by atoms with Gasteiger partial charge in [-0.25, -0.2) is 9.02 Å². The van der Waals surface area contributed by atoms with E-state index in [1.54, 1.807) is 24.1 Å². The average molecular weight is 325 g/mol. The second-order valence-corrected chi connectivity index (χ2v) is 6.34. The molecule has 0 spiro atoms. The first-order valence-electron chi connectivity index (χ1n) is 7.81. The van der Waals surface area contributed by atoms with Gasteiger partial charge in [0.1, 0.15) is 16.9 Å². The van der Waals surface area contributed by atoms with Gasteiger partial charge in [-0.1, -0.05) is 18.2 Å². The van der Waals surface area contributed by atoms with Crippen LogP contribution in [0.15, 0.2) is 47.1 Å². The van der Waals surface area contributed by atoms with Crippen molar-refractivity contribution in [2.75, 3.05) is 7.05 Å². The van der Waals surface area contributed by atoms with Gasteiger partial charge in [0.05, 0.1) is 5.41 Å². The van der Waals surface area contributed by atoms with Crippen LogP contribution in [0.3, 0.4) is 0 Å². The van der Waals surface area contributed by atoms with Crippen molar-refractivity contribution in [3.05, 3.63) is 59.4 Å². The molecule has 1 heterocycles. The molecular formula is C18H16FN3O2. The van der Waals surface area contributed by atoms with Crippen molar-refractivity contribution in [3.63, 3.8) is 0 Å². The number of fused-ring (bicyclic) bond motifs is 1. The molecule has 2 aromatic carbocycles. The predicted octanol–water partition coefficient (Wildman–Crippen LogP) is 3.05. The van der Waals surface area contributed by atoms with Crippen LogP contribution in [0.5, 0.6) is 0 Å². The summed E-state index contributed by atoms with van der Waals surface area (Å²) in [5, 5.41) is 7.60. The van der Waals surface area contributed by atoms with Crippen LogP contribution in [-0.2, 0) is 16.8 Å². The molecule has 0 saturated heterocycles. The zero-order chi connectivity index (χ0) is 16.7. The van der Waals surface area contributed by atoms with Gasteiger partial charge < -0.3 is 4.90 Å². The highest BCUT2D eigenvalue weighted by atomic mass is 19.1. The van der Waals surface area contributed by atoms with Crippen LogP contribution < -0.4 is 0 Å². The number of halogens is 1. The summed E-state index contributed by atoms with van der Waals surface area (Å²) in [6, 6.07) is 11.8. The van der Waals surface area contributed by atoms with Gasteiger partial charge in [0.15, 0.2) is 0 Å². The summed E-state index contributed by atoms with van der Waals surface area (Å²) in [5.74, 6) is -0.225. The molecule has 122 valence electrons. The molecule has 0 aliphatic heterocycles. The van der Waals surface area contributed by atoms with E-state index in [9.17, 15) is 9.18 Å². The predicted molar refractivity (Wildman–Crippen MR) is 85.6 cm³/mol. The average Bonchev–Trinajstić information content (AvgIpc) is 3.26. The maximum atomic E-state index is 13.1. The first kappa shape index (κ1) is 14.8. The van der Waals surface area contributed by atoms with Gasteiger partial charge in [-0.05, 0) is 58.5 Å². The van der Waals surface area contributed by atoms with E-state index < -0.39 is 5.41 Å². The monoisotopic (exact) mass is 325 g/mol. The van der Waals surface area contributed by atoms with E-state index in [0.717, 1.165) is 24.0 Å². The highest BCUT2D eigenvalue weighted by Gasteiger charge is 2.52. The van der Waals surface area contributed by atoms with E-state index in [1.165, 1.54) is 12.1 Å². The molecule has 6 heteroatoms. The number of likely N-dealkylation sites (N-methyl/N-ethyl adjacent to an activating group) is 1. The van der Waals surface area contributed by atoms with E-state index >= 15 is 0 Å². The number of aromatic nitrogens is 2. The number of carbonyl (C=O) groups is 1. The van der Waals surface area contributed by atoms with Crippen molar-refractivity contribution in [2.24, 2.45) is 0 Å². The summed E-state index contributed by atoms with van der Waals surface area (Å²) < 4.78 is 17.8. The summed E-state index contributed by atoms with van der Waals surface area (Å²) >= 11 is 0. The van der Waals surface area contributed by atoms with Crippen LogP contribution in [0.2, 0.25) is 0 Å². The van der Waals surface area contributed by atoms with Crippen molar-refractivity contribution in [2.45, 2.75) is 24.8 Å². The molecule has 1 amide bonds. The normalized spacial score (nSPS) is 15.4. The molecule has 0 N–H and O–H groups in total. The fourth-order valence-corrected chi connectivity index (χ4v) is 3.16. The van der Waals surface area contributed by atoms with Gasteiger partial charge in [-0.15, -0.1) is 0 Å². The lowest BCUT2D eigenvalue weighted by molar-refractivity contribution is -0.133. The third-order valence-electron chi connectivity index (χ3n) is 4.64. The second-order valence-electron chi connectivity index (χ2n) is 6.34. The first-order valence-corrected chi connectivity index (χ1v) is 7.81. The molecule has 1 aromatic heterocycles. The van der Waals surface area contributed by atoms with Gasteiger partial charge in [0.2, 0.25) is 5.91 Å². The van der Waals surface area contributed by atoms with E-state index in [-0.39, 0.29) is 11.7 Å². The summed E-state index contributed by atoms with van der Waals surface area (Å²) in [7, 11) is 1.79. The molecule has 3 aromatic rings. The first-order chi connectivity index (χ1) is 11.6. The van der Waals surface area contributed by atoms with E-state index in [4.69, 9.17) is 4.63 Å². The number of hydrogen-bond donors (Lipinski definition) is 0. The summed E-state index contributed by atoms with van der Waals surface area (Å²) in [6.07, 6.45) is 1.60. The molecular weight excluding hydrogens is 309 g/mol. The molecule has 0 radical (unpaired) electrons. The zero-order valence-corrected chi connectivity index (χ0v) is 13.2. The Balaban J connectivity index is 1.54. The third kappa shape index (κ3) is 2.44. The van der Waals surface area contributed by atoms with E-state index in [2.05, 4.69) is 10.3 Å². The molecule has 0 unspecified atom stereocenters. The van der Waals surface area contributed by atoms with Crippen LogP contribution in [0.25, 0.3) is 11.0 Å². The lowest BCUT2D eigenvalue weighted by Gasteiger charge is -2.24. The number of rotatable bonds is 4.